The number of carbonyl (C=O) groups is 1. The van der Waals surface area contributed by atoms with Gasteiger partial charge in [0, 0.05) is 30.4 Å². The summed E-state index contributed by atoms with van der Waals surface area (Å²) >= 11 is 0. The van der Waals surface area contributed by atoms with Crippen LogP contribution >= 0.6 is 0 Å². The Balaban J connectivity index is 1.73. The number of benzene rings is 3. The smallest absolute Gasteiger partial charge is 0.262 e. The molecule has 7 heteroatoms. The number of nitrogens with zero attached hydrogens (tertiary/aromatic N) is 1. The van der Waals surface area contributed by atoms with Gasteiger partial charge in [0.05, 0.1) is 4.90 Å². The lowest BCUT2D eigenvalue weighted by Gasteiger charge is -2.18. The first kappa shape index (κ1) is 21.5. The summed E-state index contributed by atoms with van der Waals surface area (Å²) in [5.74, 6) is -0.657. The average molecular weight is 427 g/mol. The number of hydrogen-bond acceptors (Lipinski definition) is 3. The largest absolute Gasteiger partial charge is 0.337 e. The standard InChI is InChI=1S/C23H23FN2O3S/c1-16-8-9-17(2)22(14-16)30(28,29)25-20-12-10-18(11-13-20)23(27)26(3)15-19-6-4-5-7-21(19)24/h4-14,25H,15H2,1-3H3. The summed E-state index contributed by atoms with van der Waals surface area (Å²) in [5.41, 5.74) is 2.65. The molecule has 3 aromatic rings. The van der Waals surface area contributed by atoms with Crippen LogP contribution in [0.5, 0.6) is 0 Å². The van der Waals surface area contributed by atoms with Crippen molar-refractivity contribution < 1.29 is 17.6 Å². The van der Waals surface area contributed by atoms with Gasteiger partial charge in [-0.3, -0.25) is 9.52 Å². The number of rotatable bonds is 6. The van der Waals surface area contributed by atoms with Crippen LogP contribution in [0.15, 0.2) is 71.6 Å². The van der Waals surface area contributed by atoms with Crippen LogP contribution in [0, 0.1) is 19.7 Å². The topological polar surface area (TPSA) is 66.5 Å². The van der Waals surface area contributed by atoms with Crippen molar-refractivity contribution in [1.82, 2.24) is 4.90 Å². The Bertz CT molecular complexity index is 1180. The van der Waals surface area contributed by atoms with Crippen LogP contribution in [0.25, 0.3) is 0 Å². The van der Waals surface area contributed by atoms with Crippen LogP contribution in [0.3, 0.4) is 0 Å². The van der Waals surface area contributed by atoms with Gasteiger partial charge >= 0.3 is 0 Å². The minimum absolute atomic E-state index is 0.131. The molecular formula is C23H23FN2O3S. The molecule has 0 radical (unpaired) electrons. The summed E-state index contributed by atoms with van der Waals surface area (Å²) in [6.07, 6.45) is 0. The molecule has 5 nitrogen and oxygen atoms in total. The van der Waals surface area contributed by atoms with Gasteiger partial charge in [0.1, 0.15) is 5.82 Å². The van der Waals surface area contributed by atoms with Crippen LogP contribution in [0.1, 0.15) is 27.0 Å². The SMILES string of the molecule is Cc1ccc(C)c(S(=O)(=O)Nc2ccc(C(=O)N(C)Cc3ccccc3F)cc2)c1. The summed E-state index contributed by atoms with van der Waals surface area (Å²) in [4.78, 5) is 14.3. The Morgan fingerprint density at radius 2 is 1.67 bits per heavy atom. The first-order chi connectivity index (χ1) is 14.2. The van der Waals surface area contributed by atoms with Crippen LogP contribution in [0.2, 0.25) is 0 Å². The highest BCUT2D eigenvalue weighted by Gasteiger charge is 2.18. The summed E-state index contributed by atoms with van der Waals surface area (Å²) < 4.78 is 41.8. The van der Waals surface area contributed by atoms with E-state index in [-0.39, 0.29) is 23.2 Å². The van der Waals surface area contributed by atoms with E-state index in [1.165, 1.54) is 23.1 Å². The maximum Gasteiger partial charge on any atom is 0.262 e. The lowest BCUT2D eigenvalue weighted by molar-refractivity contribution is 0.0784. The summed E-state index contributed by atoms with van der Waals surface area (Å²) in [7, 11) is -2.16. The van der Waals surface area contributed by atoms with Gasteiger partial charge in [-0.1, -0.05) is 30.3 Å². The van der Waals surface area contributed by atoms with Crippen molar-refractivity contribution in [3.05, 3.63) is 94.8 Å². The molecule has 3 rings (SSSR count). The molecule has 0 aliphatic heterocycles. The van der Waals surface area contributed by atoms with Crippen molar-refractivity contribution in [2.45, 2.75) is 25.3 Å². The number of sulfonamides is 1. The fourth-order valence-electron chi connectivity index (χ4n) is 3.06. The summed E-state index contributed by atoms with van der Waals surface area (Å²) in [6, 6.07) is 17.7. The Morgan fingerprint density at radius 3 is 2.33 bits per heavy atom. The molecule has 0 atom stereocenters. The van der Waals surface area contributed by atoms with Crippen LogP contribution in [0.4, 0.5) is 10.1 Å². The zero-order valence-corrected chi connectivity index (χ0v) is 17.8. The fourth-order valence-corrected chi connectivity index (χ4v) is 4.45. The van der Waals surface area contributed by atoms with Gasteiger partial charge in [-0.25, -0.2) is 12.8 Å². The quantitative estimate of drug-likeness (QED) is 0.630. The third-order valence-electron chi connectivity index (χ3n) is 4.73. The molecular weight excluding hydrogens is 403 g/mol. The zero-order chi connectivity index (χ0) is 21.9. The monoisotopic (exact) mass is 426 g/mol. The molecule has 0 saturated heterocycles. The zero-order valence-electron chi connectivity index (χ0n) is 17.0. The summed E-state index contributed by atoms with van der Waals surface area (Å²) in [6.45, 7) is 3.70. The Labute approximate surface area is 176 Å². The number of amides is 1. The highest BCUT2D eigenvalue weighted by atomic mass is 32.2. The van der Waals surface area contributed by atoms with E-state index < -0.39 is 10.0 Å². The van der Waals surface area contributed by atoms with E-state index in [1.54, 1.807) is 56.4 Å². The maximum absolute atomic E-state index is 13.8. The van der Waals surface area contributed by atoms with Gasteiger partial charge in [0.15, 0.2) is 0 Å². The number of aryl methyl sites for hydroxylation is 2. The van der Waals surface area contributed by atoms with Crippen molar-refractivity contribution in [3.63, 3.8) is 0 Å². The molecule has 0 aliphatic carbocycles. The molecule has 0 bridgehead atoms. The van der Waals surface area contributed by atoms with Gasteiger partial charge in [0.25, 0.3) is 15.9 Å². The highest BCUT2D eigenvalue weighted by Crippen LogP contribution is 2.21. The minimum atomic E-state index is -3.75. The lowest BCUT2D eigenvalue weighted by Crippen LogP contribution is -2.26. The molecule has 0 heterocycles. The number of anilines is 1. The third kappa shape index (κ3) is 4.86. The molecule has 0 aromatic heterocycles. The molecule has 0 fully saturated rings. The molecule has 0 unspecified atom stereocenters. The molecule has 0 aliphatic rings. The first-order valence-electron chi connectivity index (χ1n) is 9.36. The Morgan fingerprint density at radius 1 is 1.00 bits per heavy atom. The number of hydrogen-bond donors (Lipinski definition) is 1. The molecule has 3 aromatic carbocycles. The Hall–Kier alpha value is -3.19. The van der Waals surface area contributed by atoms with E-state index in [0.717, 1.165) is 5.56 Å². The van der Waals surface area contributed by atoms with Crippen molar-refractivity contribution in [2.75, 3.05) is 11.8 Å². The Kier molecular flexibility index (Phi) is 6.22. The van der Waals surface area contributed by atoms with E-state index >= 15 is 0 Å². The van der Waals surface area contributed by atoms with Gasteiger partial charge in [0.2, 0.25) is 0 Å². The lowest BCUT2D eigenvalue weighted by atomic mass is 10.1. The predicted octanol–water partition coefficient (Wildman–Crippen LogP) is 4.52. The second-order valence-electron chi connectivity index (χ2n) is 7.20. The fraction of sp³-hybridized carbons (Fsp3) is 0.174. The van der Waals surface area contributed by atoms with Crippen LogP contribution in [-0.4, -0.2) is 26.3 Å². The van der Waals surface area contributed by atoms with E-state index in [0.29, 0.717) is 22.4 Å². The molecule has 0 spiro atoms. The van der Waals surface area contributed by atoms with E-state index in [1.807, 2.05) is 13.0 Å². The van der Waals surface area contributed by atoms with Gasteiger partial charge in [-0.05, 0) is 61.4 Å². The molecule has 1 amide bonds. The first-order valence-corrected chi connectivity index (χ1v) is 10.8. The van der Waals surface area contributed by atoms with Crippen LogP contribution < -0.4 is 4.72 Å². The van der Waals surface area contributed by atoms with Gasteiger partial charge < -0.3 is 4.90 Å². The number of nitrogens with one attached hydrogen (secondary N) is 1. The second kappa shape index (κ2) is 8.67. The van der Waals surface area contributed by atoms with Crippen LogP contribution in [-0.2, 0) is 16.6 Å². The summed E-state index contributed by atoms with van der Waals surface area (Å²) in [5, 5.41) is 0. The molecule has 0 saturated carbocycles. The number of halogens is 1. The average Bonchev–Trinajstić information content (AvgIpc) is 2.71. The maximum atomic E-state index is 13.8. The van der Waals surface area contributed by atoms with Crippen molar-refractivity contribution in [3.8, 4) is 0 Å². The van der Waals surface area contributed by atoms with Gasteiger partial charge in [-0.15, -0.1) is 0 Å². The minimum Gasteiger partial charge on any atom is -0.337 e. The third-order valence-corrected chi connectivity index (χ3v) is 6.25. The van der Waals surface area contributed by atoms with E-state index in [9.17, 15) is 17.6 Å². The molecule has 30 heavy (non-hydrogen) atoms. The van der Waals surface area contributed by atoms with E-state index in [2.05, 4.69) is 4.72 Å². The predicted molar refractivity (Wildman–Crippen MR) is 115 cm³/mol. The van der Waals surface area contributed by atoms with E-state index in [4.69, 9.17) is 0 Å². The van der Waals surface area contributed by atoms with Crippen molar-refractivity contribution >= 4 is 21.6 Å². The normalized spacial score (nSPS) is 11.2. The van der Waals surface area contributed by atoms with Gasteiger partial charge in [-0.2, -0.15) is 0 Å². The molecule has 156 valence electrons. The number of carbonyl (C=O) groups excluding carboxylic acids is 1. The van der Waals surface area contributed by atoms with Crippen molar-refractivity contribution in [1.29, 1.82) is 0 Å². The highest BCUT2D eigenvalue weighted by molar-refractivity contribution is 7.92. The molecule has 1 N–H and O–H groups in total. The second-order valence-corrected chi connectivity index (χ2v) is 8.86. The van der Waals surface area contributed by atoms with Crippen molar-refractivity contribution in [2.24, 2.45) is 0 Å².